The van der Waals surface area contributed by atoms with Crippen molar-refractivity contribution in [1.29, 1.82) is 0 Å². The summed E-state index contributed by atoms with van der Waals surface area (Å²) in [6, 6.07) is 5.97. The summed E-state index contributed by atoms with van der Waals surface area (Å²) in [5.41, 5.74) is 2.33. The van der Waals surface area contributed by atoms with E-state index < -0.39 is 5.60 Å². The fourth-order valence-corrected chi connectivity index (χ4v) is 6.58. The van der Waals surface area contributed by atoms with Crippen LogP contribution in [0.15, 0.2) is 18.2 Å². The van der Waals surface area contributed by atoms with Crippen molar-refractivity contribution >= 4 is 0 Å². The number of hydrogen-bond acceptors (Lipinski definition) is 3. The molecule has 1 aromatic rings. The fourth-order valence-electron chi connectivity index (χ4n) is 6.58. The smallest absolute Gasteiger partial charge is 0.115 e. The largest absolute Gasteiger partial charge is 0.508 e. The Bertz CT molecular complexity index is 667. The number of benzene rings is 1. The summed E-state index contributed by atoms with van der Waals surface area (Å²) in [4.78, 5) is 0. The van der Waals surface area contributed by atoms with Crippen molar-refractivity contribution in [3.63, 3.8) is 0 Å². The number of aliphatic hydroxyl groups is 1. The predicted molar refractivity (Wildman–Crippen MR) is 92.0 cm³/mol. The van der Waals surface area contributed by atoms with Gasteiger partial charge >= 0.3 is 0 Å². The molecule has 130 valence electrons. The third kappa shape index (κ3) is 2.04. The molecule has 24 heavy (non-hydrogen) atoms. The summed E-state index contributed by atoms with van der Waals surface area (Å²) >= 11 is 0. The summed E-state index contributed by atoms with van der Waals surface area (Å²) in [5, 5.41) is 21.3. The summed E-state index contributed by atoms with van der Waals surface area (Å²) in [5.74, 6) is 2.33. The van der Waals surface area contributed by atoms with Crippen molar-refractivity contribution in [2.75, 3.05) is 6.61 Å². The molecule has 3 heteroatoms. The maximum Gasteiger partial charge on any atom is 0.115 e. The molecule has 1 heterocycles. The van der Waals surface area contributed by atoms with Crippen LogP contribution in [0.25, 0.3) is 0 Å². The van der Waals surface area contributed by atoms with E-state index in [2.05, 4.69) is 13.0 Å². The van der Waals surface area contributed by atoms with Crippen LogP contribution in [-0.2, 0) is 11.2 Å². The van der Waals surface area contributed by atoms with Crippen molar-refractivity contribution in [2.45, 2.75) is 69.5 Å². The highest BCUT2D eigenvalue weighted by Gasteiger charge is 2.62. The first-order valence-electron chi connectivity index (χ1n) is 9.66. The molecule has 1 aliphatic heterocycles. The van der Waals surface area contributed by atoms with Crippen LogP contribution in [0.2, 0.25) is 0 Å². The Morgan fingerprint density at radius 1 is 1.21 bits per heavy atom. The van der Waals surface area contributed by atoms with Crippen LogP contribution in [-0.4, -0.2) is 28.5 Å². The van der Waals surface area contributed by atoms with Gasteiger partial charge in [-0.25, -0.2) is 0 Å². The number of fused-ring (bicyclic) bond motifs is 5. The van der Waals surface area contributed by atoms with Gasteiger partial charge in [0, 0.05) is 6.42 Å². The molecule has 3 nitrogen and oxygen atoms in total. The van der Waals surface area contributed by atoms with Gasteiger partial charge < -0.3 is 14.9 Å². The van der Waals surface area contributed by atoms with Gasteiger partial charge in [0.2, 0.25) is 0 Å². The molecular formula is C21H28O3. The van der Waals surface area contributed by atoms with Crippen molar-refractivity contribution in [2.24, 2.45) is 17.3 Å². The Labute approximate surface area is 144 Å². The Morgan fingerprint density at radius 3 is 2.83 bits per heavy atom. The number of hydrogen-bond donors (Lipinski definition) is 2. The van der Waals surface area contributed by atoms with Crippen molar-refractivity contribution in [3.05, 3.63) is 29.3 Å². The number of aryl methyl sites for hydroxylation is 1. The zero-order valence-electron chi connectivity index (χ0n) is 14.5. The lowest BCUT2D eigenvalue weighted by Gasteiger charge is -2.53. The summed E-state index contributed by atoms with van der Waals surface area (Å²) in [7, 11) is 0. The van der Waals surface area contributed by atoms with Gasteiger partial charge in [-0.1, -0.05) is 13.0 Å². The molecule has 5 rings (SSSR count). The lowest BCUT2D eigenvalue weighted by molar-refractivity contribution is -0.110. The molecule has 1 aromatic carbocycles. The highest BCUT2D eigenvalue weighted by Crippen LogP contribution is 2.65. The number of phenolic OH excluding ortho intramolecular Hbond substituents is 1. The Hall–Kier alpha value is -1.06. The number of epoxide rings is 1. The van der Waals surface area contributed by atoms with Crippen LogP contribution in [0.1, 0.15) is 62.5 Å². The van der Waals surface area contributed by atoms with Crippen LogP contribution in [0.4, 0.5) is 0 Å². The molecular weight excluding hydrogens is 300 g/mol. The highest BCUT2D eigenvalue weighted by atomic mass is 16.6. The molecule has 0 spiro atoms. The molecule has 0 bridgehead atoms. The van der Waals surface area contributed by atoms with Gasteiger partial charge in [-0.2, -0.15) is 0 Å². The second kappa shape index (κ2) is 4.98. The number of phenols is 1. The quantitative estimate of drug-likeness (QED) is 0.813. The van der Waals surface area contributed by atoms with Gasteiger partial charge in [-0.3, -0.25) is 0 Å². The number of ether oxygens (including phenoxy) is 1. The lowest BCUT2D eigenvalue weighted by Crippen LogP contribution is -2.51. The van der Waals surface area contributed by atoms with Crippen LogP contribution < -0.4 is 0 Å². The second-order valence-corrected chi connectivity index (χ2v) is 8.98. The molecule has 3 fully saturated rings. The van der Waals surface area contributed by atoms with Crippen LogP contribution in [0.5, 0.6) is 5.75 Å². The van der Waals surface area contributed by atoms with Gasteiger partial charge in [0.25, 0.3) is 0 Å². The van der Waals surface area contributed by atoms with E-state index in [0.717, 1.165) is 38.7 Å². The predicted octanol–water partition coefficient (Wildman–Crippen LogP) is 3.77. The monoisotopic (exact) mass is 328 g/mol. The van der Waals surface area contributed by atoms with Gasteiger partial charge in [0.05, 0.1) is 18.3 Å². The highest BCUT2D eigenvalue weighted by molar-refractivity contribution is 5.40. The van der Waals surface area contributed by atoms with E-state index in [-0.39, 0.29) is 5.41 Å². The standard InChI is InChI=1S/C21H28O3/c1-20-8-6-17-16-5-3-14(22)10-13(16)2-4-18(17)19(20)7-9-21(20,23)11-15-12-24-15/h3,5,10,15,17-19,22-23H,2,4,6-9,11-12H2,1H3/t15?,17-,18-,19+,20+,21+/m1/s1. The summed E-state index contributed by atoms with van der Waals surface area (Å²) < 4.78 is 5.44. The topological polar surface area (TPSA) is 53.0 Å². The zero-order chi connectivity index (χ0) is 16.5. The molecule has 2 N–H and O–H groups in total. The Morgan fingerprint density at radius 2 is 2.04 bits per heavy atom. The summed E-state index contributed by atoms with van der Waals surface area (Å²) in [6.45, 7) is 3.20. The molecule has 0 amide bonds. The third-order valence-corrected chi connectivity index (χ3v) is 8.00. The minimum Gasteiger partial charge on any atom is -0.508 e. The summed E-state index contributed by atoms with van der Waals surface area (Å²) in [6.07, 6.45) is 7.80. The van der Waals surface area contributed by atoms with E-state index in [1.54, 1.807) is 0 Å². The molecule has 1 saturated heterocycles. The van der Waals surface area contributed by atoms with Crippen molar-refractivity contribution < 1.29 is 14.9 Å². The van der Waals surface area contributed by atoms with Crippen molar-refractivity contribution in [3.8, 4) is 5.75 Å². The molecule has 0 radical (unpaired) electrons. The molecule has 2 saturated carbocycles. The maximum absolute atomic E-state index is 11.5. The van der Waals surface area contributed by atoms with Gasteiger partial charge in [-0.15, -0.1) is 0 Å². The van der Waals surface area contributed by atoms with Crippen LogP contribution in [0, 0.1) is 17.3 Å². The molecule has 1 unspecified atom stereocenters. The van der Waals surface area contributed by atoms with Crippen molar-refractivity contribution in [1.82, 2.24) is 0 Å². The van der Waals surface area contributed by atoms with E-state index in [4.69, 9.17) is 4.74 Å². The van der Waals surface area contributed by atoms with E-state index in [0.29, 0.717) is 29.6 Å². The van der Waals surface area contributed by atoms with Gasteiger partial charge in [0.15, 0.2) is 0 Å². The SMILES string of the molecule is C[C@]12CC[C@@H]3c4ccc(O)cc4CC[C@H]3[C@@H]1CC[C@]2(O)CC1CO1. The van der Waals surface area contributed by atoms with Crippen LogP contribution in [0.3, 0.4) is 0 Å². The average molecular weight is 328 g/mol. The van der Waals surface area contributed by atoms with E-state index in [1.165, 1.54) is 24.0 Å². The molecule has 4 aliphatic rings. The maximum atomic E-state index is 11.5. The second-order valence-electron chi connectivity index (χ2n) is 8.98. The minimum atomic E-state index is -0.529. The van der Waals surface area contributed by atoms with Gasteiger partial charge in [-0.05, 0) is 85.0 Å². The molecule has 6 atom stereocenters. The Kier molecular flexibility index (Phi) is 3.16. The number of rotatable bonds is 2. The van der Waals surface area contributed by atoms with E-state index in [1.807, 2.05) is 12.1 Å². The normalized spacial score (nSPS) is 46.1. The third-order valence-electron chi connectivity index (χ3n) is 8.00. The molecule has 0 aromatic heterocycles. The van der Waals surface area contributed by atoms with Gasteiger partial charge in [0.1, 0.15) is 5.75 Å². The first kappa shape index (κ1) is 15.2. The molecule has 3 aliphatic carbocycles. The zero-order valence-corrected chi connectivity index (χ0v) is 14.5. The van der Waals surface area contributed by atoms with E-state index in [9.17, 15) is 10.2 Å². The first-order valence-corrected chi connectivity index (χ1v) is 9.66. The fraction of sp³-hybridized carbons (Fsp3) is 0.714. The van der Waals surface area contributed by atoms with Crippen LogP contribution >= 0.6 is 0 Å². The number of aromatic hydroxyl groups is 1. The minimum absolute atomic E-state index is 0.0501. The van der Waals surface area contributed by atoms with E-state index >= 15 is 0 Å². The average Bonchev–Trinajstić information content (AvgIpc) is 3.32. The Balaban J connectivity index is 1.47. The first-order chi connectivity index (χ1) is 11.5. The lowest BCUT2D eigenvalue weighted by atomic mass is 9.53.